The second-order valence-corrected chi connectivity index (χ2v) is 10.4. The van der Waals surface area contributed by atoms with Crippen LogP contribution in [0.2, 0.25) is 0 Å². The minimum absolute atomic E-state index is 0.0497. The quantitative estimate of drug-likeness (QED) is 0.303. The van der Waals surface area contributed by atoms with Crippen LogP contribution in [-0.4, -0.2) is 52.8 Å². The molecule has 1 aliphatic heterocycles. The number of benzene rings is 2. The van der Waals surface area contributed by atoms with E-state index in [2.05, 4.69) is 9.88 Å². The van der Waals surface area contributed by atoms with Crippen LogP contribution >= 0.6 is 0 Å². The summed E-state index contributed by atoms with van der Waals surface area (Å²) in [6.45, 7) is 2.13. The van der Waals surface area contributed by atoms with E-state index in [9.17, 15) is 28.2 Å². The molecule has 2 N–H and O–H groups in total. The normalized spacial score (nSPS) is 19.2. The number of nitrogens with zero attached hydrogens (tertiary/aromatic N) is 2. The second kappa shape index (κ2) is 12.8. The fourth-order valence-corrected chi connectivity index (χ4v) is 5.70. The number of aryl methyl sites for hydroxylation is 1. The van der Waals surface area contributed by atoms with Crippen LogP contribution in [0.1, 0.15) is 54.9 Å². The van der Waals surface area contributed by atoms with Gasteiger partial charge in [0.25, 0.3) is 0 Å². The Morgan fingerprint density at radius 1 is 1.18 bits per heavy atom. The van der Waals surface area contributed by atoms with Gasteiger partial charge in [0.05, 0.1) is 24.3 Å². The van der Waals surface area contributed by atoms with Gasteiger partial charge in [0, 0.05) is 24.5 Å². The van der Waals surface area contributed by atoms with E-state index in [4.69, 9.17) is 4.74 Å². The van der Waals surface area contributed by atoms with Gasteiger partial charge in [-0.15, -0.1) is 0 Å². The molecule has 210 valence electrons. The molecule has 2 heterocycles. The average Bonchev–Trinajstić information content (AvgIpc) is 2.91. The van der Waals surface area contributed by atoms with Crippen LogP contribution in [0.15, 0.2) is 54.7 Å². The molecule has 1 fully saturated rings. The number of aliphatic carboxylic acids is 1. The zero-order chi connectivity index (χ0) is 28.0. The molecule has 0 spiro atoms. The van der Waals surface area contributed by atoms with Gasteiger partial charge in [-0.2, -0.15) is 13.2 Å². The third-order valence-corrected chi connectivity index (χ3v) is 7.76. The molecule has 0 radical (unpaired) electrons. The zero-order valence-electron chi connectivity index (χ0n) is 22.0. The van der Waals surface area contributed by atoms with Crippen molar-refractivity contribution in [2.75, 3.05) is 26.7 Å². The maximum absolute atomic E-state index is 13.0. The molecule has 2 aromatic carbocycles. The summed E-state index contributed by atoms with van der Waals surface area (Å²) in [5, 5.41) is 21.4. The third kappa shape index (κ3) is 7.70. The number of methoxy groups -OCH3 is 1. The number of halogens is 3. The van der Waals surface area contributed by atoms with Crippen molar-refractivity contribution in [1.29, 1.82) is 0 Å². The highest BCUT2D eigenvalue weighted by Crippen LogP contribution is 2.35. The third-order valence-electron chi connectivity index (χ3n) is 7.76. The van der Waals surface area contributed by atoms with E-state index in [-0.39, 0.29) is 18.3 Å². The van der Waals surface area contributed by atoms with E-state index in [1.807, 2.05) is 24.3 Å². The van der Waals surface area contributed by atoms with E-state index < -0.39 is 23.8 Å². The largest absolute Gasteiger partial charge is 0.497 e. The Morgan fingerprint density at radius 2 is 2.00 bits per heavy atom. The first-order valence-corrected chi connectivity index (χ1v) is 13.3. The highest BCUT2D eigenvalue weighted by Gasteiger charge is 2.32. The van der Waals surface area contributed by atoms with Crippen molar-refractivity contribution in [2.24, 2.45) is 11.8 Å². The fourth-order valence-electron chi connectivity index (χ4n) is 5.70. The van der Waals surface area contributed by atoms with Crippen molar-refractivity contribution in [1.82, 2.24) is 9.88 Å². The number of aromatic nitrogens is 1. The van der Waals surface area contributed by atoms with Crippen LogP contribution in [0.5, 0.6) is 5.75 Å². The summed E-state index contributed by atoms with van der Waals surface area (Å²) >= 11 is 0. The van der Waals surface area contributed by atoms with E-state index in [1.54, 1.807) is 19.4 Å². The van der Waals surface area contributed by atoms with Crippen molar-refractivity contribution in [3.05, 3.63) is 71.4 Å². The van der Waals surface area contributed by atoms with Gasteiger partial charge in [-0.25, -0.2) is 0 Å². The molecule has 39 heavy (non-hydrogen) atoms. The summed E-state index contributed by atoms with van der Waals surface area (Å²) in [4.78, 5) is 18.2. The Morgan fingerprint density at radius 3 is 2.74 bits per heavy atom. The first-order chi connectivity index (χ1) is 18.6. The Hall–Kier alpha value is -3.17. The van der Waals surface area contributed by atoms with Crippen molar-refractivity contribution in [3.63, 3.8) is 0 Å². The van der Waals surface area contributed by atoms with E-state index >= 15 is 0 Å². The topological polar surface area (TPSA) is 82.9 Å². The highest BCUT2D eigenvalue weighted by molar-refractivity contribution is 5.83. The monoisotopic (exact) mass is 544 g/mol. The van der Waals surface area contributed by atoms with Crippen LogP contribution < -0.4 is 4.74 Å². The lowest BCUT2D eigenvalue weighted by atomic mass is 9.79. The van der Waals surface area contributed by atoms with Gasteiger partial charge >= 0.3 is 12.1 Å². The molecular weight excluding hydrogens is 509 g/mol. The second-order valence-electron chi connectivity index (χ2n) is 10.4. The lowest BCUT2D eigenvalue weighted by Crippen LogP contribution is -2.42. The summed E-state index contributed by atoms with van der Waals surface area (Å²) in [5.74, 6) is -0.0427. The maximum Gasteiger partial charge on any atom is 0.416 e. The lowest BCUT2D eigenvalue weighted by molar-refractivity contribution is -0.139. The maximum atomic E-state index is 13.0. The van der Waals surface area contributed by atoms with Gasteiger partial charge in [0.1, 0.15) is 5.75 Å². The average molecular weight is 545 g/mol. The summed E-state index contributed by atoms with van der Waals surface area (Å²) in [6, 6.07) is 12.8. The van der Waals surface area contributed by atoms with Gasteiger partial charge in [0.2, 0.25) is 0 Å². The van der Waals surface area contributed by atoms with Crippen LogP contribution in [-0.2, 0) is 17.4 Å². The summed E-state index contributed by atoms with van der Waals surface area (Å²) in [5.41, 5.74) is 1.57. The number of fused-ring (bicyclic) bond motifs is 1. The number of pyridine rings is 1. The molecule has 1 aliphatic rings. The van der Waals surface area contributed by atoms with Gasteiger partial charge in [-0.1, -0.05) is 18.2 Å². The Labute approximate surface area is 226 Å². The Bertz CT molecular complexity index is 1270. The molecule has 3 aromatic rings. The summed E-state index contributed by atoms with van der Waals surface area (Å²) < 4.78 is 44.3. The summed E-state index contributed by atoms with van der Waals surface area (Å²) in [7, 11) is 1.59. The van der Waals surface area contributed by atoms with Crippen LogP contribution in [0.4, 0.5) is 13.2 Å². The number of carboxylic acid groups (broad SMARTS) is 1. The first-order valence-electron chi connectivity index (χ1n) is 13.3. The molecular formula is C30H35F3N2O4. The van der Waals surface area contributed by atoms with Gasteiger partial charge in [-0.3, -0.25) is 9.78 Å². The zero-order valence-corrected chi connectivity index (χ0v) is 22.0. The molecule has 0 bridgehead atoms. The number of rotatable bonds is 11. The molecule has 0 unspecified atom stereocenters. The van der Waals surface area contributed by atoms with Crippen molar-refractivity contribution < 1.29 is 32.9 Å². The van der Waals surface area contributed by atoms with Crippen LogP contribution in [0.3, 0.4) is 0 Å². The fraction of sp³-hybridized carbons (Fsp3) is 0.467. The molecule has 3 atom stereocenters. The molecule has 6 nitrogen and oxygen atoms in total. The van der Waals surface area contributed by atoms with Gasteiger partial charge in [-0.05, 0) is 98.5 Å². The predicted molar refractivity (Wildman–Crippen MR) is 143 cm³/mol. The molecule has 9 heteroatoms. The number of hydrogen-bond donors (Lipinski definition) is 2. The van der Waals surface area contributed by atoms with E-state index in [1.165, 1.54) is 12.1 Å². The van der Waals surface area contributed by atoms with E-state index in [0.29, 0.717) is 50.1 Å². The molecule has 1 aromatic heterocycles. The molecule has 0 amide bonds. The standard InChI is InChI=1S/C30H35F3N2O4/c1-39-24-8-9-27-26(18-24)25(11-13-34-27)28(36)10-7-21-12-15-35(19-22(21)17-29(37)38)14-3-5-20-4-2-6-23(16-20)30(31,32)33/h2,4,6,8-9,11,13,16,18,21-22,28,36H,3,5,7,10,12,14-15,17,19H2,1H3,(H,37,38)/t21-,22+,28+/m1/s1. The van der Waals surface area contributed by atoms with E-state index in [0.717, 1.165) is 35.5 Å². The smallest absolute Gasteiger partial charge is 0.416 e. The minimum Gasteiger partial charge on any atom is -0.497 e. The number of alkyl halides is 3. The van der Waals surface area contributed by atoms with Gasteiger partial charge in [0.15, 0.2) is 0 Å². The van der Waals surface area contributed by atoms with Crippen LogP contribution in [0, 0.1) is 11.8 Å². The number of likely N-dealkylation sites (tertiary alicyclic amines) is 1. The first kappa shape index (κ1) is 28.8. The molecule has 0 aliphatic carbocycles. The number of carboxylic acids is 1. The molecule has 1 saturated heterocycles. The minimum atomic E-state index is -4.35. The number of carbonyl (C=O) groups is 1. The summed E-state index contributed by atoms with van der Waals surface area (Å²) in [6.07, 6.45) is -0.0750. The SMILES string of the molecule is COc1ccc2nccc([C@@H](O)CC[C@@H]3CCN(CCCc4cccc(C(F)(F)F)c4)C[C@@H]3CC(=O)O)c2c1. The van der Waals surface area contributed by atoms with Gasteiger partial charge < -0.3 is 19.8 Å². The lowest BCUT2D eigenvalue weighted by Gasteiger charge is -2.38. The van der Waals surface area contributed by atoms with Crippen molar-refractivity contribution in [2.45, 2.75) is 50.8 Å². The highest BCUT2D eigenvalue weighted by atomic mass is 19.4. The molecule has 0 saturated carbocycles. The number of piperidine rings is 1. The Balaban J connectivity index is 1.33. The van der Waals surface area contributed by atoms with Crippen molar-refractivity contribution in [3.8, 4) is 5.75 Å². The Kier molecular flexibility index (Phi) is 9.45. The predicted octanol–water partition coefficient (Wildman–Crippen LogP) is 6.12. The number of ether oxygens (including phenoxy) is 1. The molecule has 4 rings (SSSR count). The number of aliphatic hydroxyl groups is 1. The van der Waals surface area contributed by atoms with Crippen molar-refractivity contribution >= 4 is 16.9 Å². The number of hydrogen-bond acceptors (Lipinski definition) is 5. The van der Waals surface area contributed by atoms with Crippen LogP contribution in [0.25, 0.3) is 10.9 Å². The number of aliphatic hydroxyl groups excluding tert-OH is 1.